The fourth-order valence-electron chi connectivity index (χ4n) is 2.93. The molecule has 0 aliphatic rings. The van der Waals surface area contributed by atoms with Crippen molar-refractivity contribution in [3.05, 3.63) is 67.3 Å². The molecule has 0 bridgehead atoms. The van der Waals surface area contributed by atoms with Crippen molar-refractivity contribution in [2.24, 2.45) is 5.84 Å². The molecule has 0 heterocycles. The average Bonchev–Trinajstić information content (AvgIpc) is 2.42. The summed E-state index contributed by atoms with van der Waals surface area (Å²) in [4.78, 5) is 0. The lowest BCUT2D eigenvalue weighted by molar-refractivity contribution is 0.547. The van der Waals surface area contributed by atoms with Crippen LogP contribution in [0.4, 0.5) is 0 Å². The van der Waals surface area contributed by atoms with Crippen LogP contribution in [-0.4, -0.2) is 0 Å². The molecule has 0 saturated carbocycles. The summed E-state index contributed by atoms with van der Waals surface area (Å²) in [6, 6.07) is 11.0. The van der Waals surface area contributed by atoms with Gasteiger partial charge in [-0.2, -0.15) is 0 Å². The van der Waals surface area contributed by atoms with Crippen molar-refractivity contribution in [3.63, 3.8) is 0 Å². The molecule has 21 heavy (non-hydrogen) atoms. The van der Waals surface area contributed by atoms with E-state index in [9.17, 15) is 0 Å². The summed E-state index contributed by atoms with van der Waals surface area (Å²) in [5.41, 5.74) is 11.0. The number of aryl methyl sites for hydroxylation is 4. The molecule has 2 aromatic carbocycles. The van der Waals surface area contributed by atoms with Crippen molar-refractivity contribution < 1.29 is 0 Å². The topological polar surface area (TPSA) is 38.0 Å². The molecule has 2 nitrogen and oxygen atoms in total. The SMILES string of the molecule is Cc1cc(C)c(CC(NN)c2cccc(C)c2I)c(C)c1. The highest BCUT2D eigenvalue weighted by Crippen LogP contribution is 2.28. The van der Waals surface area contributed by atoms with Gasteiger partial charge in [-0.1, -0.05) is 35.9 Å². The summed E-state index contributed by atoms with van der Waals surface area (Å²) in [5, 5.41) is 0. The Hall–Kier alpha value is -0.910. The molecule has 0 radical (unpaired) electrons. The highest BCUT2D eigenvalue weighted by Gasteiger charge is 2.17. The summed E-state index contributed by atoms with van der Waals surface area (Å²) in [5.74, 6) is 5.85. The first kappa shape index (κ1) is 16.5. The molecule has 112 valence electrons. The van der Waals surface area contributed by atoms with Crippen LogP contribution in [0.5, 0.6) is 0 Å². The van der Waals surface area contributed by atoms with Crippen LogP contribution in [0.3, 0.4) is 0 Å². The highest BCUT2D eigenvalue weighted by molar-refractivity contribution is 14.1. The third-order valence-electron chi connectivity index (χ3n) is 4.05. The maximum absolute atomic E-state index is 5.85. The summed E-state index contributed by atoms with van der Waals surface area (Å²) >= 11 is 2.41. The van der Waals surface area contributed by atoms with E-state index in [1.165, 1.54) is 37.0 Å². The van der Waals surface area contributed by atoms with Crippen LogP contribution < -0.4 is 11.3 Å². The highest BCUT2D eigenvalue weighted by atomic mass is 127. The Balaban J connectivity index is 2.38. The molecule has 2 aromatic rings. The zero-order valence-electron chi connectivity index (χ0n) is 13.1. The molecule has 0 aliphatic heterocycles. The maximum atomic E-state index is 5.85. The van der Waals surface area contributed by atoms with Crippen molar-refractivity contribution >= 4 is 22.6 Å². The summed E-state index contributed by atoms with van der Waals surface area (Å²) in [6.07, 6.45) is 0.911. The van der Waals surface area contributed by atoms with Gasteiger partial charge in [-0.05, 0) is 84.5 Å². The van der Waals surface area contributed by atoms with Crippen LogP contribution in [0, 0.1) is 31.3 Å². The standard InChI is InChI=1S/C18H23IN2/c1-11-8-13(3)16(14(4)9-11)10-17(21-20)15-7-5-6-12(2)18(15)19/h5-9,17,21H,10,20H2,1-4H3. The average molecular weight is 394 g/mol. The molecule has 0 saturated heterocycles. The number of benzene rings is 2. The van der Waals surface area contributed by atoms with E-state index in [0.29, 0.717) is 0 Å². The quantitative estimate of drug-likeness (QED) is 0.462. The molecule has 1 unspecified atom stereocenters. The van der Waals surface area contributed by atoms with Crippen molar-refractivity contribution in [2.75, 3.05) is 0 Å². The summed E-state index contributed by atoms with van der Waals surface area (Å²) in [7, 11) is 0. The third-order valence-corrected chi connectivity index (χ3v) is 5.52. The van der Waals surface area contributed by atoms with E-state index < -0.39 is 0 Å². The fraction of sp³-hybridized carbons (Fsp3) is 0.333. The van der Waals surface area contributed by atoms with Gasteiger partial charge in [0.15, 0.2) is 0 Å². The Morgan fingerprint density at radius 3 is 2.24 bits per heavy atom. The Morgan fingerprint density at radius 1 is 1.05 bits per heavy atom. The van der Waals surface area contributed by atoms with Crippen LogP contribution in [-0.2, 0) is 6.42 Å². The smallest absolute Gasteiger partial charge is 0.0511 e. The Kier molecular flexibility index (Phi) is 5.41. The first-order valence-electron chi connectivity index (χ1n) is 7.22. The molecule has 0 spiro atoms. The number of hydrazine groups is 1. The number of nitrogens with two attached hydrogens (primary N) is 1. The molecule has 0 aromatic heterocycles. The van der Waals surface area contributed by atoms with E-state index in [-0.39, 0.29) is 6.04 Å². The van der Waals surface area contributed by atoms with Crippen molar-refractivity contribution in [1.29, 1.82) is 0 Å². The predicted octanol–water partition coefficient (Wildman–Crippen LogP) is 4.27. The Labute approximate surface area is 141 Å². The van der Waals surface area contributed by atoms with E-state index in [1.807, 2.05) is 0 Å². The van der Waals surface area contributed by atoms with Crippen LogP contribution in [0.2, 0.25) is 0 Å². The molecule has 0 amide bonds. The first-order chi connectivity index (χ1) is 9.93. The third kappa shape index (κ3) is 3.65. The number of nitrogens with one attached hydrogen (secondary N) is 1. The number of hydrogen-bond acceptors (Lipinski definition) is 2. The van der Waals surface area contributed by atoms with E-state index in [0.717, 1.165) is 6.42 Å². The van der Waals surface area contributed by atoms with Crippen LogP contribution in [0.1, 0.15) is 39.4 Å². The summed E-state index contributed by atoms with van der Waals surface area (Å²) in [6.45, 7) is 8.65. The zero-order valence-corrected chi connectivity index (χ0v) is 15.3. The van der Waals surface area contributed by atoms with Gasteiger partial charge in [0.1, 0.15) is 0 Å². The fourth-order valence-corrected chi connectivity index (χ4v) is 3.67. The normalized spacial score (nSPS) is 12.5. The van der Waals surface area contributed by atoms with E-state index in [1.54, 1.807) is 0 Å². The van der Waals surface area contributed by atoms with Gasteiger partial charge >= 0.3 is 0 Å². The van der Waals surface area contributed by atoms with Gasteiger partial charge in [-0.25, -0.2) is 0 Å². The Morgan fingerprint density at radius 2 is 1.67 bits per heavy atom. The van der Waals surface area contributed by atoms with E-state index in [2.05, 4.69) is 86.0 Å². The van der Waals surface area contributed by atoms with Crippen molar-refractivity contribution in [3.8, 4) is 0 Å². The van der Waals surface area contributed by atoms with Gasteiger partial charge in [0.05, 0.1) is 6.04 Å². The van der Waals surface area contributed by atoms with Gasteiger partial charge in [0.25, 0.3) is 0 Å². The second-order valence-electron chi connectivity index (χ2n) is 5.78. The van der Waals surface area contributed by atoms with Crippen LogP contribution >= 0.6 is 22.6 Å². The predicted molar refractivity (Wildman–Crippen MR) is 98.3 cm³/mol. The zero-order chi connectivity index (χ0) is 15.6. The van der Waals surface area contributed by atoms with Gasteiger partial charge in [0.2, 0.25) is 0 Å². The maximum Gasteiger partial charge on any atom is 0.0511 e. The van der Waals surface area contributed by atoms with Gasteiger partial charge < -0.3 is 0 Å². The van der Waals surface area contributed by atoms with Crippen molar-refractivity contribution in [2.45, 2.75) is 40.2 Å². The largest absolute Gasteiger partial charge is 0.271 e. The number of rotatable bonds is 4. The molecule has 3 N–H and O–H groups in total. The minimum absolute atomic E-state index is 0.136. The molecule has 3 heteroatoms. The van der Waals surface area contributed by atoms with E-state index in [4.69, 9.17) is 5.84 Å². The monoisotopic (exact) mass is 394 g/mol. The molecule has 1 atom stereocenters. The summed E-state index contributed by atoms with van der Waals surface area (Å²) < 4.78 is 1.29. The molecular weight excluding hydrogens is 371 g/mol. The lowest BCUT2D eigenvalue weighted by Gasteiger charge is -2.21. The van der Waals surface area contributed by atoms with Crippen molar-refractivity contribution in [1.82, 2.24) is 5.43 Å². The molecule has 2 rings (SSSR count). The lowest BCUT2D eigenvalue weighted by atomic mass is 9.91. The van der Waals surface area contributed by atoms with Gasteiger partial charge in [-0.15, -0.1) is 0 Å². The van der Waals surface area contributed by atoms with Crippen LogP contribution in [0.15, 0.2) is 30.3 Å². The van der Waals surface area contributed by atoms with Crippen LogP contribution in [0.25, 0.3) is 0 Å². The second-order valence-corrected chi connectivity index (χ2v) is 6.86. The lowest BCUT2D eigenvalue weighted by Crippen LogP contribution is -2.30. The molecule has 0 aliphatic carbocycles. The molecular formula is C18H23IN2. The Bertz CT molecular complexity index is 627. The van der Waals surface area contributed by atoms with E-state index >= 15 is 0 Å². The first-order valence-corrected chi connectivity index (χ1v) is 8.29. The minimum Gasteiger partial charge on any atom is -0.271 e. The minimum atomic E-state index is 0.136. The number of hydrogen-bond donors (Lipinski definition) is 2. The van der Waals surface area contributed by atoms with Gasteiger partial charge in [0, 0.05) is 3.57 Å². The molecule has 0 fully saturated rings. The number of halogens is 1. The van der Waals surface area contributed by atoms with Gasteiger partial charge in [-0.3, -0.25) is 11.3 Å². The second kappa shape index (κ2) is 6.90.